The van der Waals surface area contributed by atoms with Crippen molar-refractivity contribution in [3.8, 4) is 5.75 Å². The molecule has 0 saturated carbocycles. The molecule has 1 amide bonds. The maximum Gasteiger partial charge on any atom is 0.264 e. The van der Waals surface area contributed by atoms with Crippen LogP contribution in [0.15, 0.2) is 95.9 Å². The van der Waals surface area contributed by atoms with Crippen LogP contribution >= 0.6 is 0 Å². The molecule has 0 fully saturated rings. The van der Waals surface area contributed by atoms with Crippen LogP contribution in [-0.4, -0.2) is 34.0 Å². The summed E-state index contributed by atoms with van der Waals surface area (Å²) in [6, 6.07) is 27.7. The molecule has 4 rings (SSSR count). The molecular formula is C30H32N2O4S. The first kappa shape index (κ1) is 26.2. The first-order chi connectivity index (χ1) is 17.7. The van der Waals surface area contributed by atoms with Crippen molar-refractivity contribution in [2.24, 2.45) is 0 Å². The molecule has 0 spiro atoms. The summed E-state index contributed by atoms with van der Waals surface area (Å²) >= 11 is 0. The number of carbonyl (C=O) groups is 1. The Morgan fingerprint density at radius 2 is 1.57 bits per heavy atom. The molecule has 0 radical (unpaired) electrons. The monoisotopic (exact) mass is 516 g/mol. The van der Waals surface area contributed by atoms with Crippen LogP contribution < -0.4 is 14.4 Å². The summed E-state index contributed by atoms with van der Waals surface area (Å²) in [5.74, 6) is 0.606. The summed E-state index contributed by atoms with van der Waals surface area (Å²) in [7, 11) is -3.95. The number of fused-ring (bicyclic) bond motifs is 1. The van der Waals surface area contributed by atoms with Crippen LogP contribution in [0.4, 0.5) is 5.69 Å². The first-order valence-electron chi connectivity index (χ1n) is 12.3. The van der Waals surface area contributed by atoms with E-state index in [1.54, 1.807) is 36.4 Å². The Hall–Kier alpha value is -3.84. The summed E-state index contributed by atoms with van der Waals surface area (Å²) in [6.45, 7) is 6.21. The Labute approximate surface area is 218 Å². The number of carbonyl (C=O) groups excluding carboxylic acids is 1. The number of nitrogens with zero attached hydrogens (tertiary/aromatic N) is 1. The predicted octanol–water partition coefficient (Wildman–Crippen LogP) is 5.66. The van der Waals surface area contributed by atoms with Gasteiger partial charge in [0.1, 0.15) is 18.9 Å². The summed E-state index contributed by atoms with van der Waals surface area (Å²) in [5.41, 5.74) is 2.48. The number of hydrogen-bond donors (Lipinski definition) is 1. The van der Waals surface area contributed by atoms with Crippen molar-refractivity contribution in [1.82, 2.24) is 5.32 Å². The van der Waals surface area contributed by atoms with E-state index in [9.17, 15) is 13.2 Å². The number of nitrogens with one attached hydrogen (secondary N) is 1. The molecule has 1 N–H and O–H groups in total. The number of rotatable bonds is 10. The van der Waals surface area contributed by atoms with Gasteiger partial charge < -0.3 is 10.1 Å². The fourth-order valence-corrected chi connectivity index (χ4v) is 5.40. The molecule has 0 aliphatic rings. The lowest BCUT2D eigenvalue weighted by molar-refractivity contribution is -0.119. The highest BCUT2D eigenvalue weighted by Gasteiger charge is 2.27. The van der Waals surface area contributed by atoms with Crippen LogP contribution in [0.2, 0.25) is 0 Å². The SMILES string of the molecule is Cc1ccc(S(=O)(=O)N(CC(=O)NCCOc2ccc3ccccc3c2)c2ccc(C(C)C)cc2)cc1. The van der Waals surface area contributed by atoms with Crippen molar-refractivity contribution in [3.05, 3.63) is 102 Å². The van der Waals surface area contributed by atoms with Crippen molar-refractivity contribution >= 4 is 32.4 Å². The summed E-state index contributed by atoms with van der Waals surface area (Å²) < 4.78 is 34.0. The third-order valence-corrected chi connectivity index (χ3v) is 7.95. The van der Waals surface area contributed by atoms with Crippen LogP contribution in [0.5, 0.6) is 5.75 Å². The van der Waals surface area contributed by atoms with Crippen LogP contribution in [0.25, 0.3) is 10.8 Å². The van der Waals surface area contributed by atoms with Gasteiger partial charge in [-0.2, -0.15) is 0 Å². The predicted molar refractivity (Wildman–Crippen MR) is 149 cm³/mol. The third kappa shape index (κ3) is 6.49. The topological polar surface area (TPSA) is 75.7 Å². The Balaban J connectivity index is 1.44. The van der Waals surface area contributed by atoms with Gasteiger partial charge in [-0.3, -0.25) is 9.10 Å². The van der Waals surface area contributed by atoms with Crippen LogP contribution in [0, 0.1) is 6.92 Å². The highest BCUT2D eigenvalue weighted by molar-refractivity contribution is 7.92. The number of hydrogen-bond acceptors (Lipinski definition) is 4. The van der Waals surface area contributed by atoms with Crippen molar-refractivity contribution in [2.75, 3.05) is 24.0 Å². The number of amides is 1. The average molecular weight is 517 g/mol. The van der Waals surface area contributed by atoms with Gasteiger partial charge in [-0.25, -0.2) is 8.42 Å². The van der Waals surface area contributed by atoms with Gasteiger partial charge in [0, 0.05) is 0 Å². The minimum atomic E-state index is -3.95. The summed E-state index contributed by atoms with van der Waals surface area (Å²) in [5, 5.41) is 4.98. The number of sulfonamides is 1. The highest BCUT2D eigenvalue weighted by atomic mass is 32.2. The summed E-state index contributed by atoms with van der Waals surface area (Å²) in [6.07, 6.45) is 0. The maximum atomic E-state index is 13.5. The quantitative estimate of drug-likeness (QED) is 0.276. The van der Waals surface area contributed by atoms with E-state index in [0.717, 1.165) is 26.2 Å². The minimum absolute atomic E-state index is 0.137. The van der Waals surface area contributed by atoms with Gasteiger partial charge >= 0.3 is 0 Å². The van der Waals surface area contributed by atoms with Crippen molar-refractivity contribution in [1.29, 1.82) is 0 Å². The average Bonchev–Trinajstić information content (AvgIpc) is 2.90. The van der Waals surface area contributed by atoms with Crippen LogP contribution in [0.1, 0.15) is 30.9 Å². The van der Waals surface area contributed by atoms with E-state index in [2.05, 4.69) is 19.2 Å². The number of aryl methyl sites for hydroxylation is 1. The van der Waals surface area contributed by atoms with Gasteiger partial charge in [0.2, 0.25) is 5.91 Å². The lowest BCUT2D eigenvalue weighted by atomic mass is 10.0. The second-order valence-corrected chi connectivity index (χ2v) is 11.1. The van der Waals surface area contributed by atoms with Crippen LogP contribution in [-0.2, 0) is 14.8 Å². The molecule has 0 aliphatic heterocycles. The zero-order valence-electron chi connectivity index (χ0n) is 21.3. The number of anilines is 1. The van der Waals surface area contributed by atoms with Gasteiger partial charge in [-0.05, 0) is 65.6 Å². The van der Waals surface area contributed by atoms with Crippen molar-refractivity contribution < 1.29 is 17.9 Å². The highest BCUT2D eigenvalue weighted by Crippen LogP contribution is 2.26. The molecule has 0 heterocycles. The largest absolute Gasteiger partial charge is 0.492 e. The summed E-state index contributed by atoms with van der Waals surface area (Å²) in [4.78, 5) is 13.0. The standard InChI is InChI=1S/C30H32N2O4S/c1-22(2)24-10-13-27(14-11-24)32(37(34,35)29-16-8-23(3)9-17-29)21-30(33)31-18-19-36-28-15-12-25-6-4-5-7-26(25)20-28/h4-17,20,22H,18-19,21H2,1-3H3,(H,31,33). The lowest BCUT2D eigenvalue weighted by Crippen LogP contribution is -2.41. The minimum Gasteiger partial charge on any atom is -0.492 e. The van der Waals surface area contributed by atoms with E-state index in [0.29, 0.717) is 17.4 Å². The molecule has 7 heteroatoms. The van der Waals surface area contributed by atoms with E-state index in [1.165, 1.54) is 0 Å². The van der Waals surface area contributed by atoms with E-state index in [4.69, 9.17) is 4.74 Å². The number of benzene rings is 4. The fourth-order valence-electron chi connectivity index (χ4n) is 3.98. The Morgan fingerprint density at radius 1 is 0.892 bits per heavy atom. The zero-order valence-corrected chi connectivity index (χ0v) is 22.2. The van der Waals surface area contributed by atoms with Gasteiger partial charge in [0.15, 0.2) is 0 Å². The molecule has 0 unspecified atom stereocenters. The molecule has 192 valence electrons. The smallest absolute Gasteiger partial charge is 0.264 e. The van der Waals surface area contributed by atoms with Gasteiger partial charge in [0.25, 0.3) is 10.0 Å². The molecule has 0 aromatic heterocycles. The normalized spacial score (nSPS) is 11.5. The van der Waals surface area contributed by atoms with E-state index < -0.39 is 15.9 Å². The molecule has 0 aliphatic carbocycles. The van der Waals surface area contributed by atoms with Gasteiger partial charge in [0.05, 0.1) is 17.1 Å². The number of ether oxygens (including phenoxy) is 1. The van der Waals surface area contributed by atoms with Crippen molar-refractivity contribution in [2.45, 2.75) is 31.6 Å². The fraction of sp³-hybridized carbons (Fsp3) is 0.233. The van der Waals surface area contributed by atoms with Crippen LogP contribution in [0.3, 0.4) is 0 Å². The van der Waals surface area contributed by atoms with Crippen molar-refractivity contribution in [3.63, 3.8) is 0 Å². The lowest BCUT2D eigenvalue weighted by Gasteiger charge is -2.24. The Kier molecular flexibility index (Phi) is 8.14. The Morgan fingerprint density at radius 3 is 2.24 bits per heavy atom. The molecule has 4 aromatic carbocycles. The molecular weight excluding hydrogens is 484 g/mol. The molecule has 6 nitrogen and oxygen atoms in total. The first-order valence-corrected chi connectivity index (χ1v) is 13.8. The maximum absolute atomic E-state index is 13.5. The van der Waals surface area contributed by atoms with E-state index >= 15 is 0 Å². The van der Waals surface area contributed by atoms with Gasteiger partial charge in [-0.15, -0.1) is 0 Å². The second kappa shape index (κ2) is 11.5. The second-order valence-electron chi connectivity index (χ2n) is 9.28. The molecule has 0 atom stereocenters. The third-order valence-electron chi connectivity index (χ3n) is 6.16. The Bertz CT molecular complexity index is 1460. The zero-order chi connectivity index (χ0) is 26.4. The van der Waals surface area contributed by atoms with Gasteiger partial charge in [-0.1, -0.05) is 74.0 Å². The van der Waals surface area contributed by atoms with E-state index in [-0.39, 0.29) is 24.6 Å². The molecule has 0 saturated heterocycles. The molecule has 0 bridgehead atoms. The van der Waals surface area contributed by atoms with E-state index in [1.807, 2.05) is 61.5 Å². The molecule has 37 heavy (non-hydrogen) atoms. The molecule has 4 aromatic rings.